The van der Waals surface area contributed by atoms with E-state index in [1.165, 1.54) is 19.1 Å². The summed E-state index contributed by atoms with van der Waals surface area (Å²) in [6.45, 7) is 1.51. The molecule has 0 unspecified atom stereocenters. The van der Waals surface area contributed by atoms with E-state index in [1.54, 1.807) is 11.0 Å². The molecular formula is C25H27F3N2O4S. The first-order chi connectivity index (χ1) is 16.5. The van der Waals surface area contributed by atoms with Crippen molar-refractivity contribution in [3.8, 4) is 11.1 Å². The average molecular weight is 509 g/mol. The van der Waals surface area contributed by atoms with Crippen molar-refractivity contribution < 1.29 is 31.5 Å². The van der Waals surface area contributed by atoms with Crippen LogP contribution >= 0.6 is 0 Å². The minimum atomic E-state index is -3.61. The smallest absolute Gasteiger partial charge is 0.255 e. The molecule has 1 saturated heterocycles. The number of nitrogens with one attached hydrogen (secondary N) is 1. The molecule has 2 aliphatic carbocycles. The van der Waals surface area contributed by atoms with Crippen LogP contribution in [0.4, 0.5) is 13.2 Å². The summed E-state index contributed by atoms with van der Waals surface area (Å²) in [6.07, 6.45) is 2.00. The summed E-state index contributed by atoms with van der Waals surface area (Å²) in [7, 11) is -3.61. The number of carbonyl (C=O) groups excluding carboxylic acids is 1. The Morgan fingerprint density at radius 2 is 1.86 bits per heavy atom. The van der Waals surface area contributed by atoms with Gasteiger partial charge in [0.25, 0.3) is 5.91 Å². The molecule has 1 heterocycles. The molecule has 0 aromatic heterocycles. The maximum atomic E-state index is 15.6. The van der Waals surface area contributed by atoms with Gasteiger partial charge in [-0.2, -0.15) is 0 Å². The Hall–Kier alpha value is -2.43. The zero-order valence-corrected chi connectivity index (χ0v) is 20.0. The number of halogens is 3. The van der Waals surface area contributed by atoms with Crippen LogP contribution in [0.15, 0.2) is 36.4 Å². The number of amides is 1. The third-order valence-corrected chi connectivity index (χ3v) is 8.98. The van der Waals surface area contributed by atoms with Crippen LogP contribution in [0.1, 0.15) is 38.2 Å². The van der Waals surface area contributed by atoms with Crippen molar-refractivity contribution in [2.45, 2.75) is 62.8 Å². The van der Waals surface area contributed by atoms with Gasteiger partial charge in [-0.3, -0.25) is 4.79 Å². The Labute approximate surface area is 202 Å². The third-order valence-electron chi connectivity index (χ3n) is 7.59. The topological polar surface area (TPSA) is 86.7 Å². The quantitative estimate of drug-likeness (QED) is 0.602. The van der Waals surface area contributed by atoms with E-state index < -0.39 is 51.1 Å². The average Bonchev–Trinajstić information content (AvgIpc) is 3.50. The lowest BCUT2D eigenvalue weighted by Gasteiger charge is -2.42. The lowest BCUT2D eigenvalue weighted by molar-refractivity contribution is -0.162. The number of hydrogen-bond acceptors (Lipinski definition) is 4. The monoisotopic (exact) mass is 508 g/mol. The summed E-state index contributed by atoms with van der Waals surface area (Å²) >= 11 is 0. The van der Waals surface area contributed by atoms with E-state index in [-0.39, 0.29) is 40.8 Å². The lowest BCUT2D eigenvalue weighted by atomic mass is 9.78. The predicted molar refractivity (Wildman–Crippen MR) is 123 cm³/mol. The normalized spacial score (nSPS) is 26.8. The van der Waals surface area contributed by atoms with Crippen LogP contribution in [-0.4, -0.2) is 53.8 Å². The number of likely N-dealkylation sites (tertiary alicyclic amines) is 1. The Morgan fingerprint density at radius 3 is 2.46 bits per heavy atom. The Balaban J connectivity index is 1.51. The maximum Gasteiger partial charge on any atom is 0.255 e. The standard InChI is InChI=1S/C25H27F3N2O4S/c1-2-35(33,34)29-23-19-13-20(19)30(24(31)25(32)7-4-8-25)21(23)11-14-5-3-6-18(22(14)28)15-9-16(26)12-17(27)10-15/h3,5-6,9-10,12,19-21,23,29,32H,2,4,7-8,11,13H2,1H3/t19-,20+,21+,23+/m0/s1. The Bertz CT molecular complexity index is 1260. The van der Waals surface area contributed by atoms with Gasteiger partial charge < -0.3 is 10.0 Å². The van der Waals surface area contributed by atoms with Gasteiger partial charge in [-0.05, 0) is 68.2 Å². The number of sulfonamides is 1. The van der Waals surface area contributed by atoms with Crippen molar-refractivity contribution in [2.24, 2.45) is 5.92 Å². The van der Waals surface area contributed by atoms with E-state index in [2.05, 4.69) is 4.72 Å². The second kappa shape index (κ2) is 8.60. The fourth-order valence-corrected chi connectivity index (χ4v) is 6.37. The first-order valence-electron chi connectivity index (χ1n) is 11.8. The summed E-state index contributed by atoms with van der Waals surface area (Å²) < 4.78 is 70.7. The molecule has 2 aromatic carbocycles. The van der Waals surface area contributed by atoms with Crippen LogP contribution in [0, 0.1) is 23.4 Å². The van der Waals surface area contributed by atoms with Crippen molar-refractivity contribution in [2.75, 3.05) is 5.75 Å². The lowest BCUT2D eigenvalue weighted by Crippen LogP contribution is -2.59. The van der Waals surface area contributed by atoms with Crippen LogP contribution in [-0.2, 0) is 21.2 Å². The number of rotatable bonds is 7. The molecule has 0 radical (unpaired) electrons. The van der Waals surface area contributed by atoms with E-state index in [9.17, 15) is 27.1 Å². The van der Waals surface area contributed by atoms with Gasteiger partial charge in [0.15, 0.2) is 0 Å². The first-order valence-corrected chi connectivity index (χ1v) is 13.5. The number of carbonyl (C=O) groups is 1. The summed E-state index contributed by atoms with van der Waals surface area (Å²) in [5.74, 6) is -3.05. The molecule has 2 N–H and O–H groups in total. The van der Waals surface area contributed by atoms with Crippen LogP contribution in [0.5, 0.6) is 0 Å². The summed E-state index contributed by atoms with van der Waals surface area (Å²) in [6, 6.07) is 5.73. The fraction of sp³-hybridized carbons (Fsp3) is 0.480. The molecular weight excluding hydrogens is 481 g/mol. The summed E-state index contributed by atoms with van der Waals surface area (Å²) in [4.78, 5) is 14.9. The van der Waals surface area contributed by atoms with Crippen LogP contribution in [0.25, 0.3) is 11.1 Å². The summed E-state index contributed by atoms with van der Waals surface area (Å²) in [5.41, 5.74) is -1.23. The third kappa shape index (κ3) is 4.36. The van der Waals surface area contributed by atoms with Gasteiger partial charge in [0.2, 0.25) is 10.0 Å². The van der Waals surface area contributed by atoms with E-state index in [0.717, 1.165) is 18.6 Å². The SMILES string of the molecule is CCS(=O)(=O)N[C@@H]1[C@H]2C[C@H]2N(C(=O)C2(O)CCC2)[C@@H]1Cc1cccc(-c2cc(F)cc(F)c2)c1F. The molecule has 1 amide bonds. The van der Waals surface area contributed by atoms with E-state index in [4.69, 9.17) is 0 Å². The molecule has 6 nitrogen and oxygen atoms in total. The van der Waals surface area contributed by atoms with Gasteiger partial charge in [-0.25, -0.2) is 26.3 Å². The number of nitrogens with zero attached hydrogens (tertiary/aromatic N) is 1. The van der Waals surface area contributed by atoms with Crippen LogP contribution < -0.4 is 4.72 Å². The molecule has 5 rings (SSSR count). The predicted octanol–water partition coefficient (Wildman–Crippen LogP) is 3.14. The molecule has 0 bridgehead atoms. The van der Waals surface area contributed by atoms with Gasteiger partial charge in [0.1, 0.15) is 23.1 Å². The molecule has 0 spiro atoms. The molecule has 1 aliphatic heterocycles. The second-order valence-corrected chi connectivity index (χ2v) is 11.9. The number of hydrogen-bond donors (Lipinski definition) is 2. The summed E-state index contributed by atoms with van der Waals surface area (Å²) in [5, 5.41) is 10.7. The molecule has 35 heavy (non-hydrogen) atoms. The zero-order valence-electron chi connectivity index (χ0n) is 19.2. The van der Waals surface area contributed by atoms with E-state index >= 15 is 4.39 Å². The van der Waals surface area contributed by atoms with Crippen LogP contribution in [0.2, 0.25) is 0 Å². The highest BCUT2D eigenvalue weighted by Gasteiger charge is 2.63. The zero-order chi connectivity index (χ0) is 25.1. The van der Waals surface area contributed by atoms with Gasteiger partial charge >= 0.3 is 0 Å². The van der Waals surface area contributed by atoms with Crippen molar-refractivity contribution in [3.63, 3.8) is 0 Å². The minimum Gasteiger partial charge on any atom is -0.380 e. The molecule has 188 valence electrons. The Kier molecular flexibility index (Phi) is 5.96. The van der Waals surface area contributed by atoms with Gasteiger partial charge in [0.05, 0.1) is 11.8 Å². The number of piperidine rings is 1. The van der Waals surface area contributed by atoms with Gasteiger partial charge in [-0.15, -0.1) is 0 Å². The Morgan fingerprint density at radius 1 is 1.17 bits per heavy atom. The van der Waals surface area contributed by atoms with Crippen molar-refractivity contribution in [1.82, 2.24) is 9.62 Å². The molecule has 3 fully saturated rings. The largest absolute Gasteiger partial charge is 0.380 e. The van der Waals surface area contributed by atoms with Crippen LogP contribution in [0.3, 0.4) is 0 Å². The van der Waals surface area contributed by atoms with E-state index in [1.807, 2.05) is 0 Å². The minimum absolute atomic E-state index is 0.00485. The highest BCUT2D eigenvalue weighted by molar-refractivity contribution is 7.89. The highest BCUT2D eigenvalue weighted by Crippen LogP contribution is 2.51. The maximum absolute atomic E-state index is 15.6. The van der Waals surface area contributed by atoms with Crippen molar-refractivity contribution >= 4 is 15.9 Å². The number of aliphatic hydroxyl groups is 1. The van der Waals surface area contributed by atoms with Gasteiger partial charge in [0, 0.05) is 23.7 Å². The molecule has 2 aromatic rings. The van der Waals surface area contributed by atoms with E-state index in [0.29, 0.717) is 25.3 Å². The molecule has 2 saturated carbocycles. The fourth-order valence-electron chi connectivity index (χ4n) is 5.45. The molecule has 4 atom stereocenters. The molecule has 10 heteroatoms. The number of fused-ring (bicyclic) bond motifs is 1. The van der Waals surface area contributed by atoms with Crippen molar-refractivity contribution in [1.29, 1.82) is 0 Å². The van der Waals surface area contributed by atoms with Gasteiger partial charge in [-0.1, -0.05) is 18.2 Å². The molecule has 3 aliphatic rings. The highest BCUT2D eigenvalue weighted by atomic mass is 32.2. The number of benzene rings is 2. The van der Waals surface area contributed by atoms with Crippen molar-refractivity contribution in [3.05, 3.63) is 59.4 Å². The second-order valence-electron chi connectivity index (χ2n) is 9.82. The first kappa shape index (κ1) is 24.3.